The van der Waals surface area contributed by atoms with Crippen molar-refractivity contribution >= 4 is 17.6 Å². The number of hydrogen-bond donors (Lipinski definition) is 3. The van der Waals surface area contributed by atoms with Gasteiger partial charge in [0.2, 0.25) is 0 Å². The van der Waals surface area contributed by atoms with E-state index in [4.69, 9.17) is 20.7 Å². The summed E-state index contributed by atoms with van der Waals surface area (Å²) >= 11 is 0. The molecule has 0 spiro atoms. The topological polar surface area (TPSA) is 134 Å². The number of nitriles is 2. The highest BCUT2D eigenvalue weighted by molar-refractivity contribution is 5.92. The molecule has 1 aromatic carbocycles. The third-order valence-electron chi connectivity index (χ3n) is 2.31. The van der Waals surface area contributed by atoms with E-state index in [9.17, 15) is 9.59 Å². The third-order valence-corrected chi connectivity index (χ3v) is 2.31. The van der Waals surface area contributed by atoms with Crippen molar-refractivity contribution in [1.29, 1.82) is 10.5 Å². The van der Waals surface area contributed by atoms with Crippen LogP contribution in [-0.2, 0) is 11.2 Å². The van der Waals surface area contributed by atoms with E-state index in [-0.39, 0.29) is 16.7 Å². The van der Waals surface area contributed by atoms with Crippen LogP contribution in [0, 0.1) is 22.7 Å². The number of aliphatic carboxylic acids is 1. The Morgan fingerprint density at radius 3 is 2.40 bits per heavy atom. The van der Waals surface area contributed by atoms with Crippen LogP contribution in [0.25, 0.3) is 0 Å². The molecule has 0 unspecified atom stereocenters. The molecule has 0 atom stereocenters. The second kappa shape index (κ2) is 6.57. The molecule has 0 aliphatic carbocycles. The zero-order chi connectivity index (χ0) is 15.1. The molecule has 0 saturated carbocycles. The lowest BCUT2D eigenvalue weighted by Crippen LogP contribution is -2.08. The van der Waals surface area contributed by atoms with Gasteiger partial charge < -0.3 is 15.5 Å². The van der Waals surface area contributed by atoms with Gasteiger partial charge in [0, 0.05) is 11.9 Å². The van der Waals surface area contributed by atoms with Crippen molar-refractivity contribution in [2.45, 2.75) is 6.42 Å². The highest BCUT2D eigenvalue weighted by Crippen LogP contribution is 2.17. The molecule has 7 heteroatoms. The molecule has 20 heavy (non-hydrogen) atoms. The number of anilines is 1. The number of carbonyl (C=O) groups is 2. The molecule has 3 N–H and O–H groups in total. The van der Waals surface area contributed by atoms with Gasteiger partial charge in [-0.15, -0.1) is 0 Å². The normalized spacial score (nSPS) is 8.90. The summed E-state index contributed by atoms with van der Waals surface area (Å²) in [6, 6.07) is 7.35. The first kappa shape index (κ1) is 14.7. The summed E-state index contributed by atoms with van der Waals surface area (Å²) in [4.78, 5) is 21.7. The van der Waals surface area contributed by atoms with Gasteiger partial charge >= 0.3 is 11.9 Å². The maximum Gasteiger partial charge on any atom is 0.336 e. The fraction of sp³-hybridized carbons (Fsp3) is 0.0769. The third kappa shape index (κ3) is 3.86. The average molecular weight is 271 g/mol. The second-order valence-electron chi connectivity index (χ2n) is 3.67. The molecule has 0 radical (unpaired) electrons. The first-order valence-electron chi connectivity index (χ1n) is 5.33. The molecule has 1 rings (SSSR count). The standard InChI is InChI=1S/C13H9N3O4/c14-5-8(6-15)7-16-10-2-1-9(3-12(17)18)11(4-10)13(19)20/h1-2,4,7,16H,3H2,(H,17,18)(H,19,20). The Labute approximate surface area is 114 Å². The molecule has 7 nitrogen and oxygen atoms in total. The van der Waals surface area contributed by atoms with E-state index in [1.807, 2.05) is 0 Å². The summed E-state index contributed by atoms with van der Waals surface area (Å²) in [5.41, 5.74) is 0.178. The van der Waals surface area contributed by atoms with Crippen LogP contribution in [0.4, 0.5) is 5.69 Å². The smallest absolute Gasteiger partial charge is 0.336 e. The number of nitrogens with one attached hydrogen (secondary N) is 1. The van der Waals surface area contributed by atoms with Crippen molar-refractivity contribution in [1.82, 2.24) is 0 Å². The van der Waals surface area contributed by atoms with Crippen LogP contribution in [0.3, 0.4) is 0 Å². The van der Waals surface area contributed by atoms with E-state index < -0.39 is 18.4 Å². The monoisotopic (exact) mass is 271 g/mol. The van der Waals surface area contributed by atoms with Gasteiger partial charge in [0.25, 0.3) is 0 Å². The minimum atomic E-state index is -1.25. The number of aromatic carboxylic acids is 1. The van der Waals surface area contributed by atoms with Crippen LogP contribution in [0.2, 0.25) is 0 Å². The Morgan fingerprint density at radius 2 is 1.90 bits per heavy atom. The van der Waals surface area contributed by atoms with E-state index in [2.05, 4.69) is 5.32 Å². The Kier molecular flexibility index (Phi) is 4.84. The summed E-state index contributed by atoms with van der Waals surface area (Å²) < 4.78 is 0. The molecule has 0 saturated heterocycles. The minimum absolute atomic E-state index is 0.152. The van der Waals surface area contributed by atoms with E-state index >= 15 is 0 Å². The van der Waals surface area contributed by atoms with Crippen molar-refractivity contribution in [2.75, 3.05) is 5.32 Å². The van der Waals surface area contributed by atoms with Crippen LogP contribution in [-0.4, -0.2) is 22.2 Å². The summed E-state index contributed by atoms with van der Waals surface area (Å²) in [5, 5.41) is 37.4. The number of hydrogen-bond acceptors (Lipinski definition) is 5. The number of carboxylic acid groups (broad SMARTS) is 2. The summed E-state index contributed by atoms with van der Waals surface area (Å²) in [5.74, 6) is -2.39. The highest BCUT2D eigenvalue weighted by Gasteiger charge is 2.13. The fourth-order valence-corrected chi connectivity index (χ4v) is 1.43. The molecule has 1 aromatic rings. The van der Waals surface area contributed by atoms with Gasteiger partial charge in [0.15, 0.2) is 0 Å². The quantitative estimate of drug-likeness (QED) is 0.688. The lowest BCUT2D eigenvalue weighted by Gasteiger charge is -2.07. The summed E-state index contributed by atoms with van der Waals surface area (Å²) in [7, 11) is 0. The number of benzene rings is 1. The molecular weight excluding hydrogens is 262 g/mol. The molecule has 0 amide bonds. The fourth-order valence-electron chi connectivity index (χ4n) is 1.43. The minimum Gasteiger partial charge on any atom is -0.481 e. The molecule has 0 heterocycles. The summed E-state index contributed by atoms with van der Waals surface area (Å²) in [6.07, 6.45) is 0.733. The predicted molar refractivity (Wildman–Crippen MR) is 67.7 cm³/mol. The zero-order valence-corrected chi connectivity index (χ0v) is 10.1. The van der Waals surface area contributed by atoms with E-state index in [1.54, 1.807) is 12.1 Å². The lowest BCUT2D eigenvalue weighted by atomic mass is 10.0. The Morgan fingerprint density at radius 1 is 1.25 bits per heavy atom. The van der Waals surface area contributed by atoms with Crippen molar-refractivity contribution in [3.63, 3.8) is 0 Å². The van der Waals surface area contributed by atoms with Crippen molar-refractivity contribution < 1.29 is 19.8 Å². The number of rotatable bonds is 5. The van der Waals surface area contributed by atoms with Gasteiger partial charge in [-0.1, -0.05) is 6.07 Å². The van der Waals surface area contributed by atoms with Crippen LogP contribution >= 0.6 is 0 Å². The van der Waals surface area contributed by atoms with Crippen LogP contribution in [0.1, 0.15) is 15.9 Å². The Hall–Kier alpha value is -3.32. The molecule has 100 valence electrons. The van der Waals surface area contributed by atoms with Crippen molar-refractivity contribution in [3.05, 3.63) is 41.1 Å². The van der Waals surface area contributed by atoms with E-state index in [0.717, 1.165) is 6.20 Å². The SMILES string of the molecule is N#CC(C#N)=CNc1ccc(CC(=O)O)c(C(=O)O)c1. The highest BCUT2D eigenvalue weighted by atomic mass is 16.4. The van der Waals surface area contributed by atoms with Gasteiger partial charge in [-0.3, -0.25) is 4.79 Å². The molecule has 0 aromatic heterocycles. The number of carboxylic acids is 2. The van der Waals surface area contributed by atoms with Gasteiger partial charge in [-0.2, -0.15) is 10.5 Å². The van der Waals surface area contributed by atoms with Crippen molar-refractivity contribution in [2.24, 2.45) is 0 Å². The Balaban J connectivity index is 3.09. The molecule has 0 aliphatic heterocycles. The van der Waals surface area contributed by atoms with E-state index in [1.165, 1.54) is 18.2 Å². The van der Waals surface area contributed by atoms with Crippen LogP contribution in [0.15, 0.2) is 30.0 Å². The maximum atomic E-state index is 11.1. The van der Waals surface area contributed by atoms with Crippen molar-refractivity contribution in [3.8, 4) is 12.1 Å². The zero-order valence-electron chi connectivity index (χ0n) is 10.1. The molecular formula is C13H9N3O4. The Bertz CT molecular complexity index is 649. The maximum absolute atomic E-state index is 11.1. The molecule has 0 aliphatic rings. The van der Waals surface area contributed by atoms with Gasteiger partial charge in [0.1, 0.15) is 17.7 Å². The van der Waals surface area contributed by atoms with Gasteiger partial charge in [-0.25, -0.2) is 4.79 Å². The predicted octanol–water partition coefficient (Wildman–Crippen LogP) is 1.35. The van der Waals surface area contributed by atoms with Crippen LogP contribution < -0.4 is 5.32 Å². The average Bonchev–Trinajstić information content (AvgIpc) is 2.40. The first-order valence-corrected chi connectivity index (χ1v) is 5.33. The van der Waals surface area contributed by atoms with Crippen LogP contribution in [0.5, 0.6) is 0 Å². The summed E-state index contributed by atoms with van der Waals surface area (Å²) in [6.45, 7) is 0. The largest absolute Gasteiger partial charge is 0.481 e. The number of nitrogens with zero attached hydrogens (tertiary/aromatic N) is 2. The number of allylic oxidation sites excluding steroid dienone is 1. The van der Waals surface area contributed by atoms with Gasteiger partial charge in [-0.05, 0) is 17.7 Å². The van der Waals surface area contributed by atoms with Gasteiger partial charge in [0.05, 0.1) is 12.0 Å². The molecule has 0 bridgehead atoms. The second-order valence-corrected chi connectivity index (χ2v) is 3.67. The first-order chi connectivity index (χ1) is 9.47. The lowest BCUT2D eigenvalue weighted by molar-refractivity contribution is -0.136. The molecule has 0 fully saturated rings. The van der Waals surface area contributed by atoms with E-state index in [0.29, 0.717) is 5.69 Å².